The van der Waals surface area contributed by atoms with Crippen molar-refractivity contribution in [3.05, 3.63) is 35.1 Å². The Morgan fingerprint density at radius 1 is 1.28 bits per heavy atom. The molecule has 0 saturated carbocycles. The van der Waals surface area contributed by atoms with E-state index in [1.807, 2.05) is 13.8 Å². The number of rotatable bonds is 4. The molecule has 0 aliphatic heterocycles. The summed E-state index contributed by atoms with van der Waals surface area (Å²) in [5.74, 6) is -4.35. The van der Waals surface area contributed by atoms with E-state index in [9.17, 15) is 18.0 Å². The Morgan fingerprint density at radius 2 is 1.78 bits per heavy atom. The minimum absolute atomic E-state index is 0.0121. The summed E-state index contributed by atoms with van der Waals surface area (Å²) < 4.78 is 39.4. The summed E-state index contributed by atoms with van der Waals surface area (Å²) in [6.45, 7) is 3.62. The summed E-state index contributed by atoms with van der Waals surface area (Å²) >= 11 is 5.64. The molecular formula is C12H13ClF3NO. The molecule has 1 rings (SSSR count). The van der Waals surface area contributed by atoms with Gasteiger partial charge < -0.3 is 5.32 Å². The number of nitrogens with one attached hydrogen (secondary N) is 1. The average Bonchev–Trinajstić information content (AvgIpc) is 2.23. The maximum absolute atomic E-state index is 13.3. The molecule has 1 atom stereocenters. The van der Waals surface area contributed by atoms with E-state index in [1.54, 1.807) is 0 Å². The van der Waals surface area contributed by atoms with Gasteiger partial charge in [0.1, 0.15) is 23.0 Å². The molecule has 1 unspecified atom stereocenters. The van der Waals surface area contributed by atoms with Crippen LogP contribution in [0.3, 0.4) is 0 Å². The molecule has 0 fully saturated rings. The van der Waals surface area contributed by atoms with E-state index in [-0.39, 0.29) is 11.8 Å². The van der Waals surface area contributed by atoms with Crippen LogP contribution in [0.5, 0.6) is 0 Å². The predicted molar refractivity (Wildman–Crippen MR) is 63.1 cm³/mol. The molecule has 0 saturated heterocycles. The van der Waals surface area contributed by atoms with Crippen LogP contribution in [0.2, 0.25) is 0 Å². The van der Waals surface area contributed by atoms with Gasteiger partial charge in [-0.3, -0.25) is 4.79 Å². The summed E-state index contributed by atoms with van der Waals surface area (Å²) in [6, 6.07) is 0.509. The number of benzene rings is 1. The van der Waals surface area contributed by atoms with Crippen LogP contribution >= 0.6 is 11.6 Å². The SMILES string of the molecule is CC(C)C(CCl)NC(=O)c1c(F)cc(F)cc1F. The first-order valence-electron chi connectivity index (χ1n) is 5.38. The minimum Gasteiger partial charge on any atom is -0.348 e. The lowest BCUT2D eigenvalue weighted by Crippen LogP contribution is -2.40. The van der Waals surface area contributed by atoms with Gasteiger partial charge in [0.2, 0.25) is 0 Å². The smallest absolute Gasteiger partial charge is 0.257 e. The zero-order valence-corrected chi connectivity index (χ0v) is 10.7. The Bertz CT molecular complexity index is 428. The molecule has 1 N–H and O–H groups in total. The molecule has 6 heteroatoms. The molecule has 0 spiro atoms. The molecule has 0 aromatic heterocycles. The van der Waals surface area contributed by atoms with Crippen molar-refractivity contribution < 1.29 is 18.0 Å². The van der Waals surface area contributed by atoms with Gasteiger partial charge in [-0.15, -0.1) is 11.6 Å². The second-order valence-electron chi connectivity index (χ2n) is 4.22. The monoisotopic (exact) mass is 279 g/mol. The van der Waals surface area contributed by atoms with Crippen LogP contribution in [0.25, 0.3) is 0 Å². The molecule has 0 radical (unpaired) electrons. The molecule has 0 heterocycles. The van der Waals surface area contributed by atoms with Crippen LogP contribution in [0.4, 0.5) is 13.2 Å². The second kappa shape index (κ2) is 6.09. The predicted octanol–water partition coefficient (Wildman–Crippen LogP) is 3.10. The van der Waals surface area contributed by atoms with Crippen LogP contribution in [-0.2, 0) is 0 Å². The minimum atomic E-state index is -1.23. The van der Waals surface area contributed by atoms with Gasteiger partial charge in [0.25, 0.3) is 5.91 Å². The van der Waals surface area contributed by atoms with Crippen LogP contribution in [0, 0.1) is 23.4 Å². The van der Waals surface area contributed by atoms with Gasteiger partial charge in [-0.25, -0.2) is 13.2 Å². The van der Waals surface area contributed by atoms with E-state index in [0.29, 0.717) is 12.1 Å². The lowest BCUT2D eigenvalue weighted by molar-refractivity contribution is 0.0922. The molecule has 0 aliphatic rings. The quantitative estimate of drug-likeness (QED) is 0.843. The maximum Gasteiger partial charge on any atom is 0.257 e. The molecule has 100 valence electrons. The van der Waals surface area contributed by atoms with Crippen molar-refractivity contribution in [2.24, 2.45) is 5.92 Å². The van der Waals surface area contributed by atoms with E-state index < -0.39 is 35.0 Å². The highest BCUT2D eigenvalue weighted by Gasteiger charge is 2.22. The largest absolute Gasteiger partial charge is 0.348 e. The fourth-order valence-corrected chi connectivity index (χ4v) is 1.82. The molecule has 2 nitrogen and oxygen atoms in total. The Balaban J connectivity index is 2.98. The summed E-state index contributed by atoms with van der Waals surface area (Å²) in [5.41, 5.74) is -0.799. The van der Waals surface area contributed by atoms with Crippen molar-refractivity contribution in [3.63, 3.8) is 0 Å². The van der Waals surface area contributed by atoms with Crippen molar-refractivity contribution >= 4 is 17.5 Å². The van der Waals surface area contributed by atoms with E-state index in [1.165, 1.54) is 0 Å². The van der Waals surface area contributed by atoms with Gasteiger partial charge in [-0.1, -0.05) is 13.8 Å². The van der Waals surface area contributed by atoms with Gasteiger partial charge >= 0.3 is 0 Å². The molecule has 0 aliphatic carbocycles. The van der Waals surface area contributed by atoms with Crippen molar-refractivity contribution in [1.29, 1.82) is 0 Å². The summed E-state index contributed by atoms with van der Waals surface area (Å²) in [7, 11) is 0. The van der Waals surface area contributed by atoms with Crippen molar-refractivity contribution in [2.45, 2.75) is 19.9 Å². The average molecular weight is 280 g/mol. The first-order valence-corrected chi connectivity index (χ1v) is 5.91. The third-order valence-corrected chi connectivity index (χ3v) is 2.85. The highest BCUT2D eigenvalue weighted by Crippen LogP contribution is 2.15. The highest BCUT2D eigenvalue weighted by atomic mass is 35.5. The van der Waals surface area contributed by atoms with Crippen molar-refractivity contribution in [1.82, 2.24) is 5.32 Å². The Morgan fingerprint density at radius 3 is 2.17 bits per heavy atom. The summed E-state index contributed by atoms with van der Waals surface area (Å²) in [6.07, 6.45) is 0. The summed E-state index contributed by atoms with van der Waals surface area (Å²) in [5, 5.41) is 2.41. The van der Waals surface area contributed by atoms with Gasteiger partial charge in [0, 0.05) is 24.1 Å². The summed E-state index contributed by atoms with van der Waals surface area (Å²) in [4.78, 5) is 11.7. The standard InChI is InChI=1S/C12H13ClF3NO/c1-6(2)10(5-13)17-12(18)11-8(15)3-7(14)4-9(11)16/h3-4,6,10H,5H2,1-2H3,(H,17,18). The van der Waals surface area contributed by atoms with Crippen LogP contribution in [0.1, 0.15) is 24.2 Å². The van der Waals surface area contributed by atoms with E-state index >= 15 is 0 Å². The number of alkyl halides is 1. The zero-order valence-electron chi connectivity index (χ0n) is 9.94. The molecule has 1 amide bonds. The Labute approximate surface area is 108 Å². The topological polar surface area (TPSA) is 29.1 Å². The molecule has 1 aromatic carbocycles. The van der Waals surface area contributed by atoms with Gasteiger partial charge in [-0.2, -0.15) is 0 Å². The lowest BCUT2D eigenvalue weighted by atomic mass is 10.1. The first-order chi connectivity index (χ1) is 8.36. The van der Waals surface area contributed by atoms with Gasteiger partial charge in [0.15, 0.2) is 0 Å². The van der Waals surface area contributed by atoms with Gasteiger partial charge in [0.05, 0.1) is 0 Å². The van der Waals surface area contributed by atoms with Crippen LogP contribution in [-0.4, -0.2) is 17.8 Å². The fourth-order valence-electron chi connectivity index (χ4n) is 1.38. The Kier molecular flexibility index (Phi) is 5.02. The molecular weight excluding hydrogens is 267 g/mol. The van der Waals surface area contributed by atoms with E-state index in [2.05, 4.69) is 5.32 Å². The van der Waals surface area contributed by atoms with Crippen LogP contribution in [0.15, 0.2) is 12.1 Å². The third kappa shape index (κ3) is 3.38. The number of carbonyl (C=O) groups is 1. The number of halogens is 4. The van der Waals surface area contributed by atoms with Crippen molar-refractivity contribution in [2.75, 3.05) is 5.88 Å². The number of amides is 1. The third-order valence-electron chi connectivity index (χ3n) is 2.52. The molecule has 1 aromatic rings. The van der Waals surface area contributed by atoms with E-state index in [0.717, 1.165) is 0 Å². The van der Waals surface area contributed by atoms with Gasteiger partial charge in [-0.05, 0) is 5.92 Å². The maximum atomic E-state index is 13.3. The molecule has 18 heavy (non-hydrogen) atoms. The number of hydrogen-bond acceptors (Lipinski definition) is 1. The normalized spacial score (nSPS) is 12.6. The Hall–Kier alpha value is -1.23. The lowest BCUT2D eigenvalue weighted by Gasteiger charge is -2.20. The fraction of sp³-hybridized carbons (Fsp3) is 0.417. The highest BCUT2D eigenvalue weighted by molar-refractivity contribution is 6.18. The first kappa shape index (κ1) is 14.8. The van der Waals surface area contributed by atoms with Crippen molar-refractivity contribution in [3.8, 4) is 0 Å². The van der Waals surface area contributed by atoms with Crippen LogP contribution < -0.4 is 5.32 Å². The second-order valence-corrected chi connectivity index (χ2v) is 4.53. The van der Waals surface area contributed by atoms with E-state index in [4.69, 9.17) is 11.6 Å². The number of carbonyl (C=O) groups excluding carboxylic acids is 1. The number of hydrogen-bond donors (Lipinski definition) is 1. The molecule has 0 bridgehead atoms. The zero-order chi connectivity index (χ0) is 13.9.